The number of para-hydroxylation sites is 1. The summed E-state index contributed by atoms with van der Waals surface area (Å²) in [6.45, 7) is 0. The fourth-order valence-electron chi connectivity index (χ4n) is 3.21. The molecular formula is C15H13NO. The van der Waals surface area contributed by atoms with Crippen LogP contribution in [-0.2, 0) is 4.79 Å². The number of hydrogen-bond acceptors (Lipinski definition) is 1. The maximum Gasteiger partial charge on any atom is 0.159 e. The van der Waals surface area contributed by atoms with Crippen LogP contribution in [0.15, 0.2) is 29.8 Å². The molecule has 2 aliphatic carbocycles. The zero-order valence-corrected chi connectivity index (χ0v) is 9.49. The molecule has 1 aromatic carbocycles. The van der Waals surface area contributed by atoms with E-state index in [9.17, 15) is 4.79 Å². The van der Waals surface area contributed by atoms with Gasteiger partial charge in [-0.1, -0.05) is 18.2 Å². The Balaban J connectivity index is 2.00. The number of hydrogen-bond donors (Lipinski definition) is 1. The molecule has 2 aliphatic rings. The monoisotopic (exact) mass is 223 g/mol. The molecule has 2 heteroatoms. The number of carbonyl (C=O) groups excluding carboxylic acids is 1. The molecule has 1 N–H and O–H groups in total. The molecule has 84 valence electrons. The minimum atomic E-state index is 0.332. The van der Waals surface area contributed by atoms with Crippen molar-refractivity contribution in [3.8, 4) is 0 Å². The van der Waals surface area contributed by atoms with E-state index in [1.807, 2.05) is 6.07 Å². The molecule has 1 saturated carbocycles. The summed E-state index contributed by atoms with van der Waals surface area (Å²) in [5.41, 5.74) is 4.72. The predicted octanol–water partition coefficient (Wildman–Crippen LogP) is 3.40. The van der Waals surface area contributed by atoms with Crippen molar-refractivity contribution < 1.29 is 4.79 Å². The van der Waals surface area contributed by atoms with E-state index in [-0.39, 0.29) is 0 Å². The molecule has 17 heavy (non-hydrogen) atoms. The molecule has 4 rings (SSSR count). The minimum Gasteiger partial charge on any atom is -0.357 e. The highest BCUT2D eigenvalue weighted by molar-refractivity contribution is 6.07. The molecular weight excluding hydrogens is 210 g/mol. The fourth-order valence-corrected chi connectivity index (χ4v) is 3.21. The smallest absolute Gasteiger partial charge is 0.159 e. The molecule has 0 bridgehead atoms. The Hall–Kier alpha value is -1.83. The van der Waals surface area contributed by atoms with Gasteiger partial charge in [-0.2, -0.15) is 0 Å². The van der Waals surface area contributed by atoms with Gasteiger partial charge in [0.1, 0.15) is 0 Å². The van der Waals surface area contributed by atoms with Gasteiger partial charge in [0.05, 0.1) is 0 Å². The molecule has 2 aromatic rings. The lowest BCUT2D eigenvalue weighted by molar-refractivity contribution is -0.116. The quantitative estimate of drug-likeness (QED) is 0.729. The van der Waals surface area contributed by atoms with Gasteiger partial charge >= 0.3 is 0 Å². The van der Waals surface area contributed by atoms with Gasteiger partial charge < -0.3 is 4.98 Å². The Kier molecular flexibility index (Phi) is 1.68. The van der Waals surface area contributed by atoms with E-state index in [4.69, 9.17) is 0 Å². The molecule has 1 aromatic heterocycles. The lowest BCUT2D eigenvalue weighted by atomic mass is 9.84. The van der Waals surface area contributed by atoms with E-state index in [2.05, 4.69) is 29.3 Å². The van der Waals surface area contributed by atoms with E-state index in [0.717, 1.165) is 24.8 Å². The van der Waals surface area contributed by atoms with Crippen LogP contribution in [0.4, 0.5) is 0 Å². The number of fused-ring (bicyclic) bond motifs is 5. The average molecular weight is 223 g/mol. The van der Waals surface area contributed by atoms with Gasteiger partial charge in [0.15, 0.2) is 5.78 Å². The van der Waals surface area contributed by atoms with Crippen molar-refractivity contribution >= 4 is 22.8 Å². The lowest BCUT2D eigenvalue weighted by Crippen LogP contribution is -2.15. The van der Waals surface area contributed by atoms with E-state index in [0.29, 0.717) is 11.7 Å². The van der Waals surface area contributed by atoms with E-state index in [1.165, 1.54) is 22.2 Å². The van der Waals surface area contributed by atoms with Crippen molar-refractivity contribution in [3.05, 3.63) is 41.1 Å². The highest BCUT2D eigenvalue weighted by atomic mass is 16.1. The number of aromatic nitrogens is 1. The maximum absolute atomic E-state index is 11.9. The van der Waals surface area contributed by atoms with E-state index < -0.39 is 0 Å². The van der Waals surface area contributed by atoms with Gasteiger partial charge in [0.2, 0.25) is 0 Å². The number of allylic oxidation sites excluding steroid dienone is 1. The number of nitrogens with one attached hydrogen (secondary N) is 1. The summed E-state index contributed by atoms with van der Waals surface area (Å²) in [5, 5.41) is 1.25. The molecule has 0 saturated heterocycles. The third kappa shape index (κ3) is 1.13. The largest absolute Gasteiger partial charge is 0.357 e. The molecule has 1 fully saturated rings. The Labute approximate surface area is 99.3 Å². The Bertz CT molecular complexity index is 663. The Morgan fingerprint density at radius 2 is 2.12 bits per heavy atom. The highest BCUT2D eigenvalue weighted by Crippen LogP contribution is 2.45. The third-order valence-electron chi connectivity index (χ3n) is 4.02. The van der Waals surface area contributed by atoms with Gasteiger partial charge in [-0.3, -0.25) is 4.79 Å². The van der Waals surface area contributed by atoms with Crippen molar-refractivity contribution in [1.29, 1.82) is 0 Å². The summed E-state index contributed by atoms with van der Waals surface area (Å²) < 4.78 is 0. The number of benzene rings is 1. The first-order valence-electron chi connectivity index (χ1n) is 6.20. The van der Waals surface area contributed by atoms with Gasteiger partial charge in [0.25, 0.3) is 0 Å². The van der Waals surface area contributed by atoms with Crippen LogP contribution in [0.3, 0.4) is 0 Å². The first-order chi connectivity index (χ1) is 8.34. The maximum atomic E-state index is 11.9. The topological polar surface area (TPSA) is 32.9 Å². The molecule has 0 aliphatic heterocycles. The molecule has 2 nitrogen and oxygen atoms in total. The van der Waals surface area contributed by atoms with Crippen molar-refractivity contribution in [2.75, 3.05) is 0 Å². The highest BCUT2D eigenvalue weighted by Gasteiger charge is 2.34. The van der Waals surface area contributed by atoms with Gasteiger partial charge in [-0.05, 0) is 25.0 Å². The first kappa shape index (κ1) is 9.23. The Morgan fingerprint density at radius 3 is 3.06 bits per heavy atom. The summed E-state index contributed by atoms with van der Waals surface area (Å²) in [6, 6.07) is 8.33. The molecule has 0 amide bonds. The normalized spacial score (nSPS) is 22.5. The van der Waals surface area contributed by atoms with Crippen molar-refractivity contribution in [3.63, 3.8) is 0 Å². The molecule has 0 spiro atoms. The second kappa shape index (κ2) is 3.10. The van der Waals surface area contributed by atoms with Crippen molar-refractivity contribution in [2.45, 2.75) is 25.2 Å². The Morgan fingerprint density at radius 1 is 1.24 bits per heavy atom. The number of H-pyrrole nitrogens is 1. The van der Waals surface area contributed by atoms with Crippen LogP contribution in [0, 0.1) is 0 Å². The third-order valence-corrected chi connectivity index (χ3v) is 4.02. The standard InChI is InChI=1S/C15H13NO/c17-14-7-3-5-10-11(14)8-12-9-4-1-2-6-13(9)16-15(10)12/h1-2,4,6,8,10,16H,3,5,7H2. The summed E-state index contributed by atoms with van der Waals surface area (Å²) in [6.07, 6.45) is 4.97. The number of ketones is 1. The predicted molar refractivity (Wildman–Crippen MR) is 67.9 cm³/mol. The van der Waals surface area contributed by atoms with Crippen LogP contribution >= 0.6 is 0 Å². The SMILES string of the molecule is O=C1CCCC2C1=Cc1c2[nH]c2ccccc12. The van der Waals surface area contributed by atoms with Gasteiger partial charge in [-0.15, -0.1) is 0 Å². The number of carbonyl (C=O) groups is 1. The van der Waals surface area contributed by atoms with Crippen molar-refractivity contribution in [1.82, 2.24) is 4.98 Å². The molecule has 1 unspecified atom stereocenters. The summed E-state index contributed by atoms with van der Waals surface area (Å²) >= 11 is 0. The summed E-state index contributed by atoms with van der Waals surface area (Å²) in [7, 11) is 0. The van der Waals surface area contributed by atoms with Crippen molar-refractivity contribution in [2.24, 2.45) is 0 Å². The van der Waals surface area contributed by atoms with Crippen LogP contribution in [0.1, 0.15) is 36.4 Å². The van der Waals surface area contributed by atoms with Crippen LogP contribution < -0.4 is 0 Å². The number of aromatic amines is 1. The number of rotatable bonds is 0. The van der Waals surface area contributed by atoms with E-state index in [1.54, 1.807) is 0 Å². The second-order valence-electron chi connectivity index (χ2n) is 4.97. The zero-order chi connectivity index (χ0) is 11.4. The summed E-state index contributed by atoms with van der Waals surface area (Å²) in [5.74, 6) is 0.675. The number of Topliss-reactive ketones (excluding diaryl/α,β-unsaturated/α-hetero) is 1. The summed E-state index contributed by atoms with van der Waals surface area (Å²) in [4.78, 5) is 15.4. The van der Waals surface area contributed by atoms with Gasteiger partial charge in [0, 0.05) is 40.1 Å². The average Bonchev–Trinajstić information content (AvgIpc) is 2.87. The second-order valence-corrected chi connectivity index (χ2v) is 4.97. The fraction of sp³-hybridized carbons (Fsp3) is 0.267. The van der Waals surface area contributed by atoms with Crippen LogP contribution in [0.25, 0.3) is 17.0 Å². The van der Waals surface area contributed by atoms with Crippen LogP contribution in [0.5, 0.6) is 0 Å². The molecule has 1 heterocycles. The van der Waals surface area contributed by atoms with Crippen LogP contribution in [0.2, 0.25) is 0 Å². The van der Waals surface area contributed by atoms with Crippen LogP contribution in [-0.4, -0.2) is 10.8 Å². The zero-order valence-electron chi connectivity index (χ0n) is 9.49. The van der Waals surface area contributed by atoms with Gasteiger partial charge in [-0.25, -0.2) is 0 Å². The first-order valence-corrected chi connectivity index (χ1v) is 6.20. The molecule has 1 atom stereocenters. The van der Waals surface area contributed by atoms with E-state index >= 15 is 0 Å². The minimum absolute atomic E-state index is 0.332. The lowest BCUT2D eigenvalue weighted by Gasteiger charge is -2.19. The molecule has 0 radical (unpaired) electrons.